The molecule has 0 bridgehead atoms. The van der Waals surface area contributed by atoms with E-state index in [-0.39, 0.29) is 18.8 Å². The van der Waals surface area contributed by atoms with Crippen molar-refractivity contribution in [2.45, 2.75) is 25.3 Å². The van der Waals surface area contributed by atoms with Crippen LogP contribution in [0.25, 0.3) is 0 Å². The van der Waals surface area contributed by atoms with Gasteiger partial charge in [0.25, 0.3) is 0 Å². The highest BCUT2D eigenvalue weighted by atomic mass is 32.2. The Hall–Kier alpha value is -0.960. The highest BCUT2D eigenvalue weighted by Crippen LogP contribution is 2.21. The van der Waals surface area contributed by atoms with Gasteiger partial charge in [-0.25, -0.2) is 4.79 Å². The van der Waals surface area contributed by atoms with Crippen molar-refractivity contribution >= 4 is 23.6 Å². The molecule has 19 heavy (non-hydrogen) atoms. The molecule has 1 N–H and O–H groups in total. The predicted molar refractivity (Wildman–Crippen MR) is 61.9 cm³/mol. The van der Waals surface area contributed by atoms with E-state index in [4.69, 9.17) is 9.84 Å². The van der Waals surface area contributed by atoms with E-state index in [0.29, 0.717) is 11.8 Å². The number of ether oxygens (including phenoxy) is 1. The molecule has 1 fully saturated rings. The number of carbonyl (C=O) groups is 2. The van der Waals surface area contributed by atoms with Gasteiger partial charge in [-0.1, -0.05) is 0 Å². The Morgan fingerprint density at radius 1 is 1.42 bits per heavy atom. The molecular formula is C10H14F3NO4S. The fourth-order valence-electron chi connectivity index (χ4n) is 1.64. The fourth-order valence-corrected chi connectivity index (χ4v) is 2.33. The molecular weight excluding hydrogens is 287 g/mol. The average molecular weight is 301 g/mol. The van der Waals surface area contributed by atoms with Gasteiger partial charge in [0, 0.05) is 6.54 Å². The number of nitrogens with zero attached hydrogens (tertiary/aromatic N) is 1. The van der Waals surface area contributed by atoms with Gasteiger partial charge in [0.1, 0.15) is 0 Å². The number of carboxylic acid groups (broad SMARTS) is 1. The number of halogens is 3. The second-order valence-corrected chi connectivity index (χ2v) is 5.17. The predicted octanol–water partition coefficient (Wildman–Crippen LogP) is 0.982. The summed E-state index contributed by atoms with van der Waals surface area (Å²) in [5.41, 5.74) is 0. The molecule has 0 aromatic heterocycles. The van der Waals surface area contributed by atoms with Crippen molar-refractivity contribution in [2.75, 3.05) is 24.6 Å². The summed E-state index contributed by atoms with van der Waals surface area (Å²) < 4.78 is 40.9. The highest BCUT2D eigenvalue weighted by Gasteiger charge is 2.33. The maximum absolute atomic E-state index is 11.9. The molecule has 0 aliphatic carbocycles. The first kappa shape index (κ1) is 16.1. The van der Waals surface area contributed by atoms with Crippen LogP contribution in [0.15, 0.2) is 0 Å². The molecule has 0 spiro atoms. The van der Waals surface area contributed by atoms with Crippen LogP contribution in [0.4, 0.5) is 13.2 Å². The zero-order valence-electron chi connectivity index (χ0n) is 10.1. The molecule has 1 aliphatic heterocycles. The summed E-state index contributed by atoms with van der Waals surface area (Å²) >= 11 is 0.468. The third-order valence-electron chi connectivity index (χ3n) is 2.38. The number of rotatable bonds is 4. The minimum Gasteiger partial charge on any atom is -0.479 e. The third-order valence-corrected chi connectivity index (χ3v) is 3.36. The fraction of sp³-hybridized carbons (Fsp3) is 0.800. The average Bonchev–Trinajstić information content (AvgIpc) is 2.26. The van der Waals surface area contributed by atoms with Crippen LogP contribution in [0.1, 0.15) is 6.92 Å². The summed E-state index contributed by atoms with van der Waals surface area (Å²) in [5.74, 6) is -3.11. The molecule has 2 atom stereocenters. The van der Waals surface area contributed by atoms with Crippen LogP contribution >= 0.6 is 11.8 Å². The lowest BCUT2D eigenvalue weighted by Crippen LogP contribution is -2.52. The second-order valence-electron chi connectivity index (χ2n) is 4.18. The molecule has 0 radical (unpaired) electrons. The van der Waals surface area contributed by atoms with Gasteiger partial charge < -0.3 is 14.7 Å². The van der Waals surface area contributed by atoms with Gasteiger partial charge in [-0.05, 0) is 6.92 Å². The van der Waals surface area contributed by atoms with Crippen LogP contribution in [0.3, 0.4) is 0 Å². The molecule has 1 amide bonds. The van der Waals surface area contributed by atoms with Crippen LogP contribution in [-0.4, -0.2) is 64.9 Å². The molecule has 0 aromatic rings. The summed E-state index contributed by atoms with van der Waals surface area (Å²) in [4.78, 5) is 23.7. The van der Waals surface area contributed by atoms with Crippen molar-refractivity contribution in [3.05, 3.63) is 0 Å². The lowest BCUT2D eigenvalue weighted by Gasteiger charge is -2.34. The van der Waals surface area contributed by atoms with Gasteiger partial charge in [-0.15, -0.1) is 11.8 Å². The molecule has 5 nitrogen and oxygen atoms in total. The zero-order chi connectivity index (χ0) is 14.6. The quantitative estimate of drug-likeness (QED) is 0.838. The number of carbonyl (C=O) groups excluding carboxylic acids is 1. The van der Waals surface area contributed by atoms with Crippen molar-refractivity contribution in [1.82, 2.24) is 4.90 Å². The topological polar surface area (TPSA) is 66.8 Å². The van der Waals surface area contributed by atoms with Gasteiger partial charge in [0.15, 0.2) is 6.10 Å². The molecule has 9 heteroatoms. The number of morpholine rings is 1. The van der Waals surface area contributed by atoms with Gasteiger partial charge in [-0.2, -0.15) is 13.2 Å². The number of amides is 1. The van der Waals surface area contributed by atoms with E-state index in [1.54, 1.807) is 6.92 Å². The number of thioether (sulfide) groups is 1. The molecule has 1 heterocycles. The van der Waals surface area contributed by atoms with Gasteiger partial charge in [0.2, 0.25) is 5.91 Å². The lowest BCUT2D eigenvalue weighted by molar-refractivity contribution is -0.165. The highest BCUT2D eigenvalue weighted by molar-refractivity contribution is 8.00. The van der Waals surface area contributed by atoms with Crippen LogP contribution in [0.2, 0.25) is 0 Å². The Labute approximate surface area is 112 Å². The van der Waals surface area contributed by atoms with Gasteiger partial charge in [0.05, 0.1) is 24.2 Å². The first-order valence-corrected chi connectivity index (χ1v) is 6.65. The van der Waals surface area contributed by atoms with E-state index in [0.717, 1.165) is 0 Å². The number of hydrogen-bond acceptors (Lipinski definition) is 4. The first-order valence-electron chi connectivity index (χ1n) is 5.49. The molecule has 1 unspecified atom stereocenters. The van der Waals surface area contributed by atoms with E-state index in [9.17, 15) is 22.8 Å². The molecule has 1 saturated heterocycles. The van der Waals surface area contributed by atoms with E-state index in [1.165, 1.54) is 4.90 Å². The van der Waals surface area contributed by atoms with Gasteiger partial charge >= 0.3 is 12.1 Å². The first-order chi connectivity index (χ1) is 8.69. The van der Waals surface area contributed by atoms with Crippen LogP contribution in [0, 0.1) is 0 Å². The van der Waals surface area contributed by atoms with Crippen LogP contribution in [-0.2, 0) is 14.3 Å². The standard InChI is InChI=1S/C10H14F3NO4S/c1-6-2-14(3-7(18-6)9(16)17)8(15)4-19-5-10(11,12)13/h6-7H,2-5H2,1H3,(H,16,17)/t6-,7?/m1/s1. The molecule has 1 aliphatic rings. The third kappa shape index (κ3) is 5.68. The molecule has 0 aromatic carbocycles. The van der Waals surface area contributed by atoms with Crippen molar-refractivity contribution in [3.63, 3.8) is 0 Å². The van der Waals surface area contributed by atoms with Crippen molar-refractivity contribution in [2.24, 2.45) is 0 Å². The lowest BCUT2D eigenvalue weighted by atomic mass is 10.2. The van der Waals surface area contributed by atoms with Gasteiger partial charge in [-0.3, -0.25) is 4.79 Å². The maximum atomic E-state index is 11.9. The zero-order valence-corrected chi connectivity index (χ0v) is 11.0. The van der Waals surface area contributed by atoms with Crippen molar-refractivity contribution in [1.29, 1.82) is 0 Å². The summed E-state index contributed by atoms with van der Waals surface area (Å²) in [7, 11) is 0. The van der Waals surface area contributed by atoms with Crippen LogP contribution in [0.5, 0.6) is 0 Å². The Kier molecular flexibility index (Phi) is 5.48. The summed E-state index contributed by atoms with van der Waals surface area (Å²) in [6.07, 6.45) is -5.89. The number of carboxylic acids is 1. The summed E-state index contributed by atoms with van der Waals surface area (Å²) in [6.45, 7) is 1.67. The largest absolute Gasteiger partial charge is 0.479 e. The van der Waals surface area contributed by atoms with E-state index in [1.807, 2.05) is 0 Å². The molecule has 0 saturated carbocycles. The number of hydrogen-bond donors (Lipinski definition) is 1. The molecule has 1 rings (SSSR count). The Morgan fingerprint density at radius 2 is 2.05 bits per heavy atom. The smallest absolute Gasteiger partial charge is 0.397 e. The summed E-state index contributed by atoms with van der Waals surface area (Å²) in [6, 6.07) is 0. The number of aliphatic carboxylic acids is 1. The minimum atomic E-state index is -4.31. The Morgan fingerprint density at radius 3 is 2.58 bits per heavy atom. The Balaban J connectivity index is 2.45. The van der Waals surface area contributed by atoms with E-state index < -0.39 is 36.0 Å². The summed E-state index contributed by atoms with van der Waals surface area (Å²) in [5, 5.41) is 8.82. The van der Waals surface area contributed by atoms with Crippen LogP contribution < -0.4 is 0 Å². The van der Waals surface area contributed by atoms with Crippen molar-refractivity contribution < 1.29 is 32.6 Å². The second kappa shape index (κ2) is 6.47. The SMILES string of the molecule is C[C@@H]1CN(C(=O)CSCC(F)(F)F)CC(C(=O)O)O1. The monoisotopic (exact) mass is 301 g/mol. The molecule has 110 valence electrons. The maximum Gasteiger partial charge on any atom is 0.397 e. The van der Waals surface area contributed by atoms with Crippen molar-refractivity contribution in [3.8, 4) is 0 Å². The normalized spacial score (nSPS) is 24.3. The Bertz CT molecular complexity index is 350. The number of alkyl halides is 3. The van der Waals surface area contributed by atoms with E-state index in [2.05, 4.69) is 0 Å². The minimum absolute atomic E-state index is 0.134. The van der Waals surface area contributed by atoms with E-state index >= 15 is 0 Å².